The number of rotatable bonds is 20. The molecule has 0 saturated carbocycles. The fourth-order valence-corrected chi connectivity index (χ4v) is 12.5. The molecule has 4 amide bonds. The summed E-state index contributed by atoms with van der Waals surface area (Å²) in [5.41, 5.74) is 2.03. The van der Waals surface area contributed by atoms with Gasteiger partial charge >= 0.3 is 12.2 Å². The second-order valence-corrected chi connectivity index (χ2v) is 23.1. The first-order valence-corrected chi connectivity index (χ1v) is 28.1. The van der Waals surface area contributed by atoms with Crippen LogP contribution in [0.15, 0.2) is 107 Å². The van der Waals surface area contributed by atoms with Gasteiger partial charge in [-0.25, -0.2) is 29.4 Å². The van der Waals surface area contributed by atoms with Gasteiger partial charge in [0.15, 0.2) is 35.5 Å². The lowest BCUT2D eigenvalue weighted by Gasteiger charge is -2.31. The average Bonchev–Trinajstić information content (AvgIpc) is 3.96. The van der Waals surface area contributed by atoms with Gasteiger partial charge in [0.25, 0.3) is 11.8 Å². The second kappa shape index (κ2) is 24.5. The highest BCUT2D eigenvalue weighted by Gasteiger charge is 2.48. The van der Waals surface area contributed by atoms with Crippen LogP contribution in [0.5, 0.6) is 23.0 Å². The summed E-state index contributed by atoms with van der Waals surface area (Å²) in [5.74, 6) is 0.265. The maximum atomic E-state index is 14.1. The first-order valence-electron chi connectivity index (χ1n) is 23.7. The molecular formula is C51H58N6O12S4. The van der Waals surface area contributed by atoms with E-state index < -0.39 is 48.5 Å². The molecule has 2 N–H and O–H groups in total. The summed E-state index contributed by atoms with van der Waals surface area (Å²) < 4.78 is 35.4. The number of amides is 4. The van der Waals surface area contributed by atoms with Crippen molar-refractivity contribution >= 4 is 78.6 Å². The molecule has 73 heavy (non-hydrogen) atoms. The van der Waals surface area contributed by atoms with E-state index in [4.69, 9.17) is 28.4 Å². The lowest BCUT2D eigenvalue weighted by atomic mass is 10.1. The van der Waals surface area contributed by atoms with Crippen LogP contribution in [0.2, 0.25) is 0 Å². The Morgan fingerprint density at radius 2 is 1.08 bits per heavy atom. The monoisotopic (exact) mass is 1070 g/mol. The van der Waals surface area contributed by atoms with E-state index in [0.717, 1.165) is 31.0 Å². The molecule has 6 atom stereocenters. The number of carbonyl (C=O) groups excluding carboxylic acids is 4. The third-order valence-electron chi connectivity index (χ3n) is 12.3. The molecule has 8 rings (SSSR count). The molecule has 2 unspecified atom stereocenters. The summed E-state index contributed by atoms with van der Waals surface area (Å²) in [6.07, 6.45) is 1.25. The second-order valence-electron chi connectivity index (χ2n) is 17.7. The number of hydrogen-bond donors (Lipinski definition) is 2. The molecule has 2 saturated heterocycles. The summed E-state index contributed by atoms with van der Waals surface area (Å²) in [4.78, 5) is 70.0. The number of benzene rings is 2. The highest BCUT2D eigenvalue weighted by atomic mass is 33.1. The van der Waals surface area contributed by atoms with Crippen molar-refractivity contribution in [2.24, 2.45) is 0 Å². The van der Waals surface area contributed by atoms with Crippen molar-refractivity contribution in [2.45, 2.75) is 91.0 Å². The molecule has 2 aromatic heterocycles. The standard InChI is InChI=1S/C51H58N6O12S4/c1-30-20-38-48(60)56(50(62)68-28-32(3)70-72-44-14-8-10-16-52-44)36-24-42(40(64-5)22-34(36)46(58)54(38)26-30)66-18-12-7-13-19-67-43-25-37-35(23-41(43)65-6)47(59)55-27-31(2)21-39(55)49(61)57(37)51(63)69-29-33(4)71-73-45-15-9-11-17-53-45/h8-11,14-17,22-25,32-33,38-39,48-49,60-61H,1-2,7,12-13,18-21,26-29H2,3-6H3/t32?,33?,38-,39-,48-,49-/m0/s1. The SMILES string of the molecule is C=C1C[C@H]2[C@H](O)N(C(=O)OCC(C)SSc3ccccn3)c3cc(OCCCCCOc4cc5c(cc4OC)C(=O)N4CC(=C)C[C@H]4[C@H](O)N5C(=O)OCC(C)SSc4ccccn4)c(OC)cc3C(=O)N2C1. The van der Waals surface area contributed by atoms with Gasteiger partial charge in [0.2, 0.25) is 0 Å². The number of unbranched alkanes of at least 4 members (excludes halogenated alkanes) is 2. The largest absolute Gasteiger partial charge is 0.493 e. The number of ether oxygens (including phenoxy) is 6. The summed E-state index contributed by atoms with van der Waals surface area (Å²) in [5, 5.41) is 25.0. The van der Waals surface area contributed by atoms with Gasteiger partial charge in [-0.15, -0.1) is 0 Å². The van der Waals surface area contributed by atoms with Gasteiger partial charge in [-0.05, 0) is 104 Å². The molecule has 0 radical (unpaired) electrons. The van der Waals surface area contributed by atoms with Crippen molar-refractivity contribution < 1.29 is 57.8 Å². The van der Waals surface area contributed by atoms with Crippen molar-refractivity contribution in [1.82, 2.24) is 19.8 Å². The number of pyridine rings is 2. The van der Waals surface area contributed by atoms with E-state index in [0.29, 0.717) is 32.1 Å². The number of carbonyl (C=O) groups is 4. The number of aromatic nitrogens is 2. The van der Waals surface area contributed by atoms with Crippen LogP contribution in [-0.2, 0) is 9.47 Å². The van der Waals surface area contributed by atoms with Gasteiger partial charge < -0.3 is 48.4 Å². The Hall–Kier alpha value is -5.78. The van der Waals surface area contributed by atoms with Gasteiger partial charge in [0.05, 0.1) is 62.0 Å². The fraction of sp³-hybridized carbons (Fsp3) is 0.412. The molecule has 0 bridgehead atoms. The van der Waals surface area contributed by atoms with Gasteiger partial charge in [-0.3, -0.25) is 9.59 Å². The van der Waals surface area contributed by atoms with E-state index in [9.17, 15) is 29.4 Å². The van der Waals surface area contributed by atoms with Gasteiger partial charge in [-0.1, -0.05) is 58.0 Å². The number of aliphatic hydroxyl groups excluding tert-OH is 2. The number of aliphatic hydroxyl groups is 2. The van der Waals surface area contributed by atoms with Gasteiger partial charge in [-0.2, -0.15) is 0 Å². The van der Waals surface area contributed by atoms with Crippen LogP contribution < -0.4 is 28.7 Å². The van der Waals surface area contributed by atoms with E-state index in [2.05, 4.69) is 23.1 Å². The van der Waals surface area contributed by atoms with Crippen LogP contribution >= 0.6 is 43.2 Å². The van der Waals surface area contributed by atoms with Crippen molar-refractivity contribution in [3.8, 4) is 23.0 Å². The van der Waals surface area contributed by atoms with E-state index in [1.165, 1.54) is 91.5 Å². The minimum atomic E-state index is -1.44. The van der Waals surface area contributed by atoms with Crippen molar-refractivity contribution in [2.75, 3.05) is 63.5 Å². The molecule has 388 valence electrons. The molecule has 4 aromatic rings. The Balaban J connectivity index is 0.913. The average molecular weight is 1080 g/mol. The molecule has 18 nitrogen and oxygen atoms in total. The van der Waals surface area contributed by atoms with Gasteiger partial charge in [0, 0.05) is 48.1 Å². The summed E-state index contributed by atoms with van der Waals surface area (Å²) in [7, 11) is 8.81. The van der Waals surface area contributed by atoms with E-state index in [1.807, 2.05) is 50.2 Å². The minimum absolute atomic E-state index is 0.0259. The van der Waals surface area contributed by atoms with Crippen molar-refractivity contribution in [3.63, 3.8) is 0 Å². The summed E-state index contributed by atoms with van der Waals surface area (Å²) in [6.45, 7) is 12.9. The lowest BCUT2D eigenvalue weighted by Crippen LogP contribution is -2.51. The van der Waals surface area contributed by atoms with Crippen molar-refractivity contribution in [3.05, 3.63) is 108 Å². The molecule has 2 fully saturated rings. The first-order chi connectivity index (χ1) is 35.3. The third-order valence-corrected chi connectivity index (χ3v) is 17.8. The number of nitrogens with zero attached hydrogens (tertiary/aromatic N) is 6. The Bertz CT molecular complexity index is 2490. The van der Waals surface area contributed by atoms with Crippen LogP contribution in [0.25, 0.3) is 0 Å². The Labute approximate surface area is 439 Å². The highest BCUT2D eigenvalue weighted by Crippen LogP contribution is 2.44. The zero-order chi connectivity index (χ0) is 51.8. The van der Waals surface area contributed by atoms with Crippen LogP contribution in [0.3, 0.4) is 0 Å². The first kappa shape index (κ1) is 53.5. The van der Waals surface area contributed by atoms with Crippen LogP contribution in [-0.4, -0.2) is 143 Å². The smallest absolute Gasteiger partial charge is 0.416 e. The summed E-state index contributed by atoms with van der Waals surface area (Å²) in [6, 6.07) is 15.8. The van der Waals surface area contributed by atoms with Crippen LogP contribution in [0, 0.1) is 0 Å². The van der Waals surface area contributed by atoms with Crippen LogP contribution in [0.4, 0.5) is 21.0 Å². The Morgan fingerprint density at radius 3 is 1.47 bits per heavy atom. The lowest BCUT2D eigenvalue weighted by molar-refractivity contribution is 0.0490. The van der Waals surface area contributed by atoms with E-state index >= 15 is 0 Å². The molecule has 2 aromatic carbocycles. The number of anilines is 2. The Morgan fingerprint density at radius 1 is 0.658 bits per heavy atom. The Kier molecular flexibility index (Phi) is 18.0. The number of fused-ring (bicyclic) bond motifs is 4. The number of hydrogen-bond acceptors (Lipinski definition) is 18. The molecule has 0 aliphatic carbocycles. The molecule has 4 aliphatic rings. The summed E-state index contributed by atoms with van der Waals surface area (Å²) >= 11 is 0. The third kappa shape index (κ3) is 12.4. The number of methoxy groups -OCH3 is 2. The van der Waals surface area contributed by atoms with E-state index in [1.54, 1.807) is 12.4 Å². The van der Waals surface area contributed by atoms with Crippen molar-refractivity contribution in [1.29, 1.82) is 0 Å². The molecular weight excluding hydrogens is 1020 g/mol. The molecule has 0 spiro atoms. The quantitative estimate of drug-likeness (QED) is 0.0482. The highest BCUT2D eigenvalue weighted by molar-refractivity contribution is 8.77. The fourth-order valence-electron chi connectivity index (χ4n) is 8.74. The maximum absolute atomic E-state index is 14.1. The maximum Gasteiger partial charge on any atom is 0.416 e. The van der Waals surface area contributed by atoms with Crippen LogP contribution in [0.1, 0.15) is 66.7 Å². The predicted octanol–water partition coefficient (Wildman–Crippen LogP) is 8.87. The molecule has 6 heterocycles. The molecule has 22 heteroatoms. The predicted molar refractivity (Wildman–Crippen MR) is 282 cm³/mol. The van der Waals surface area contributed by atoms with Gasteiger partial charge in [0.1, 0.15) is 23.3 Å². The zero-order valence-corrected chi connectivity index (χ0v) is 44.1. The minimum Gasteiger partial charge on any atom is -0.493 e. The normalized spacial score (nSPS) is 20.0. The molecule has 4 aliphatic heterocycles. The zero-order valence-electron chi connectivity index (χ0n) is 40.9. The topological polar surface area (TPSA) is 203 Å². The van der Waals surface area contributed by atoms with E-state index in [-0.39, 0.29) is 95.5 Å².